The van der Waals surface area contributed by atoms with E-state index in [4.69, 9.17) is 39.1 Å². The molecular formula is C12H24N2O14P4. The number of phosphoric ester groups is 2. The Hall–Kier alpha value is -0.340. The molecule has 0 amide bonds. The highest BCUT2D eigenvalue weighted by Gasteiger charge is 2.26. The minimum atomic E-state index is -4.87. The maximum absolute atomic E-state index is 11.2. The molecule has 186 valence electrons. The fraction of sp³-hybridized carbons (Fsp3) is 0.500. The first-order chi connectivity index (χ1) is 14.3. The molecule has 0 atom stereocenters. The lowest BCUT2D eigenvalue weighted by atomic mass is 10.1. The number of rotatable bonds is 14. The van der Waals surface area contributed by atoms with Crippen LogP contribution in [-0.2, 0) is 40.4 Å². The van der Waals surface area contributed by atoms with Crippen molar-refractivity contribution in [3.8, 4) is 0 Å². The van der Waals surface area contributed by atoms with Gasteiger partial charge in [0, 0.05) is 13.1 Å². The van der Waals surface area contributed by atoms with Gasteiger partial charge in [-0.2, -0.15) is 0 Å². The highest BCUT2D eigenvalue weighted by molar-refractivity contribution is 7.52. The zero-order chi connectivity index (χ0) is 24.8. The third-order valence-electron chi connectivity index (χ3n) is 3.42. The molecule has 8 N–H and O–H groups in total. The predicted octanol–water partition coefficient (Wildman–Crippen LogP) is -0.305. The predicted molar refractivity (Wildman–Crippen MR) is 107 cm³/mol. The van der Waals surface area contributed by atoms with E-state index < -0.39 is 56.9 Å². The zero-order valence-corrected chi connectivity index (χ0v) is 19.8. The number of phosphoric acid groups is 2. The van der Waals surface area contributed by atoms with Crippen molar-refractivity contribution in [2.24, 2.45) is 0 Å². The van der Waals surface area contributed by atoms with E-state index in [9.17, 15) is 18.3 Å². The summed E-state index contributed by atoms with van der Waals surface area (Å²) in [6.07, 6.45) is -1.76. The quantitative estimate of drug-likeness (QED) is 0.110. The summed E-state index contributed by atoms with van der Waals surface area (Å²) in [5.74, 6) is 0. The largest absolute Gasteiger partial charge is 0.470 e. The third-order valence-corrected chi connectivity index (χ3v) is 5.86. The van der Waals surface area contributed by atoms with Crippen molar-refractivity contribution in [2.45, 2.75) is 13.1 Å². The van der Waals surface area contributed by atoms with Crippen LogP contribution in [0, 0.1) is 0 Å². The minimum absolute atomic E-state index is 0.130. The Morgan fingerprint density at radius 1 is 0.594 bits per heavy atom. The van der Waals surface area contributed by atoms with Crippen LogP contribution in [0.15, 0.2) is 24.3 Å². The van der Waals surface area contributed by atoms with E-state index in [1.807, 2.05) is 0 Å². The Kier molecular flexibility index (Phi) is 11.0. The van der Waals surface area contributed by atoms with Crippen LogP contribution in [0.4, 0.5) is 0 Å². The molecule has 0 aliphatic rings. The van der Waals surface area contributed by atoms with Gasteiger partial charge in [0.25, 0.3) is 0 Å². The summed E-state index contributed by atoms with van der Waals surface area (Å²) in [5, 5.41) is 0. The average molecular weight is 544 g/mol. The third kappa shape index (κ3) is 15.5. The van der Waals surface area contributed by atoms with Crippen LogP contribution in [0.2, 0.25) is 0 Å². The molecule has 1 aromatic rings. The molecule has 1 rings (SSSR count). The number of hydrogen-bond donors (Lipinski definition) is 8. The van der Waals surface area contributed by atoms with Gasteiger partial charge in [0.15, 0.2) is 0 Å². The van der Waals surface area contributed by atoms with Crippen LogP contribution in [0.1, 0.15) is 11.1 Å². The van der Waals surface area contributed by atoms with Gasteiger partial charge in [-0.3, -0.25) is 28.0 Å². The van der Waals surface area contributed by atoms with Gasteiger partial charge >= 0.3 is 30.8 Å². The Morgan fingerprint density at radius 2 is 0.906 bits per heavy atom. The van der Waals surface area contributed by atoms with E-state index in [1.165, 1.54) is 24.3 Å². The van der Waals surface area contributed by atoms with Crippen molar-refractivity contribution in [1.82, 2.24) is 9.80 Å². The standard InChI is InChI=1S/C12H24N2O14P4/c15-29(16,17)9-14(10-30(18,19)20)6-12-3-1-11(2-4-12)5-13(7-27-31(21,22)23)8-28-32(24,25)26/h1-4H,5-10H2,(H2,15,16,17)(H2,18,19,20)(H2,21,22,23)(H2,24,25,26). The summed E-state index contributed by atoms with van der Waals surface area (Å²) in [7, 11) is -18.9. The molecule has 0 saturated carbocycles. The monoisotopic (exact) mass is 544 g/mol. The first-order valence-corrected chi connectivity index (χ1v) is 15.0. The molecule has 0 unspecified atom stereocenters. The maximum atomic E-state index is 11.2. The molecule has 0 radical (unpaired) electrons. The molecule has 0 aromatic heterocycles. The number of nitrogens with zero attached hydrogens (tertiary/aromatic N) is 2. The Bertz CT molecular complexity index is 868. The van der Waals surface area contributed by atoms with Gasteiger partial charge in [-0.25, -0.2) is 9.13 Å². The second kappa shape index (κ2) is 11.9. The highest BCUT2D eigenvalue weighted by atomic mass is 31.2. The molecule has 32 heavy (non-hydrogen) atoms. The van der Waals surface area contributed by atoms with Crippen molar-refractivity contribution in [1.29, 1.82) is 0 Å². The van der Waals surface area contributed by atoms with Crippen molar-refractivity contribution < 1.29 is 66.5 Å². The average Bonchev–Trinajstić information content (AvgIpc) is 2.54. The van der Waals surface area contributed by atoms with Crippen molar-refractivity contribution in [2.75, 3.05) is 26.0 Å². The molecule has 0 fully saturated rings. The molecule has 20 heteroatoms. The second-order valence-corrected chi connectivity index (χ2v) is 12.3. The molecule has 0 aliphatic heterocycles. The topological polar surface area (TPSA) is 255 Å². The van der Waals surface area contributed by atoms with E-state index in [-0.39, 0.29) is 13.1 Å². The lowest BCUT2D eigenvalue weighted by Crippen LogP contribution is -2.28. The lowest BCUT2D eigenvalue weighted by Gasteiger charge is -2.24. The van der Waals surface area contributed by atoms with Gasteiger partial charge in [-0.05, 0) is 11.1 Å². The smallest absolute Gasteiger partial charge is 0.324 e. The van der Waals surface area contributed by atoms with Crippen LogP contribution in [0.5, 0.6) is 0 Å². The van der Waals surface area contributed by atoms with Crippen LogP contribution in [0.3, 0.4) is 0 Å². The van der Waals surface area contributed by atoms with Crippen molar-refractivity contribution in [3.05, 3.63) is 35.4 Å². The van der Waals surface area contributed by atoms with Crippen LogP contribution >= 0.6 is 30.8 Å². The van der Waals surface area contributed by atoms with Gasteiger partial charge in [0.05, 0.1) is 0 Å². The first-order valence-electron chi connectivity index (χ1n) is 8.33. The van der Waals surface area contributed by atoms with Gasteiger partial charge < -0.3 is 39.1 Å². The van der Waals surface area contributed by atoms with E-state index in [0.29, 0.717) is 11.1 Å². The SMILES string of the molecule is O=P(O)(O)CN(Cc1ccc(CN(COP(=O)(O)O)COP(=O)(O)O)cc1)CP(=O)(O)O. The summed E-state index contributed by atoms with van der Waals surface area (Å²) in [4.78, 5) is 73.5. The van der Waals surface area contributed by atoms with E-state index in [1.54, 1.807) is 0 Å². The molecule has 0 aliphatic carbocycles. The van der Waals surface area contributed by atoms with Crippen molar-refractivity contribution >= 4 is 30.8 Å². The molecule has 0 heterocycles. The number of hydrogen-bond acceptors (Lipinski definition) is 8. The summed E-state index contributed by atoms with van der Waals surface area (Å²) < 4.78 is 52.8. The molecular weight excluding hydrogens is 520 g/mol. The van der Waals surface area contributed by atoms with Gasteiger partial charge in [0.2, 0.25) is 0 Å². The minimum Gasteiger partial charge on any atom is -0.324 e. The summed E-state index contributed by atoms with van der Waals surface area (Å²) in [5.41, 5.74) is 0.897. The summed E-state index contributed by atoms with van der Waals surface area (Å²) >= 11 is 0. The summed E-state index contributed by atoms with van der Waals surface area (Å²) in [6, 6.07) is 5.88. The second-order valence-electron chi connectivity index (χ2n) is 6.58. The van der Waals surface area contributed by atoms with E-state index >= 15 is 0 Å². The molecule has 1 aromatic carbocycles. The Labute approximate surface area is 182 Å². The zero-order valence-electron chi connectivity index (χ0n) is 16.3. The van der Waals surface area contributed by atoms with E-state index in [0.717, 1.165) is 9.80 Å². The van der Waals surface area contributed by atoms with Gasteiger partial charge in [-0.15, -0.1) is 0 Å². The number of benzene rings is 1. The summed E-state index contributed by atoms with van der Waals surface area (Å²) in [6.45, 7) is -1.80. The maximum Gasteiger partial charge on any atom is 0.470 e. The Morgan fingerprint density at radius 3 is 1.19 bits per heavy atom. The molecule has 0 spiro atoms. The molecule has 0 saturated heterocycles. The highest BCUT2D eigenvalue weighted by Crippen LogP contribution is 2.41. The van der Waals surface area contributed by atoms with Crippen molar-refractivity contribution in [3.63, 3.8) is 0 Å². The first kappa shape index (κ1) is 29.7. The normalized spacial score (nSPS) is 13.8. The fourth-order valence-electron chi connectivity index (χ4n) is 2.37. The van der Waals surface area contributed by atoms with Crippen LogP contribution in [0.25, 0.3) is 0 Å². The Balaban J connectivity index is 2.88. The lowest BCUT2D eigenvalue weighted by molar-refractivity contribution is 0.0199. The molecule has 16 nitrogen and oxygen atoms in total. The van der Waals surface area contributed by atoms with Crippen LogP contribution in [-0.4, -0.2) is 75.0 Å². The molecule has 0 bridgehead atoms. The van der Waals surface area contributed by atoms with Crippen LogP contribution < -0.4 is 0 Å². The fourth-order valence-corrected chi connectivity index (χ4v) is 4.60. The van der Waals surface area contributed by atoms with E-state index in [2.05, 4.69) is 9.05 Å². The van der Waals surface area contributed by atoms with Gasteiger partial charge in [0.1, 0.15) is 26.0 Å². The van der Waals surface area contributed by atoms with Gasteiger partial charge in [-0.1, -0.05) is 24.3 Å².